The molecule has 0 bridgehead atoms. The van der Waals surface area contributed by atoms with Gasteiger partial charge < -0.3 is 0 Å². The molecule has 1 atom stereocenters. The van der Waals surface area contributed by atoms with E-state index in [1.807, 2.05) is 0 Å². The average Bonchev–Trinajstić information content (AvgIpc) is 2.50. The summed E-state index contributed by atoms with van der Waals surface area (Å²) in [6.45, 7) is 2.35. The smallest absolute Gasteiger partial charge is 0.218 e. The van der Waals surface area contributed by atoms with Crippen LogP contribution in [0, 0.1) is 6.42 Å². The Morgan fingerprint density at radius 2 is 1.21 bits per heavy atom. The Kier molecular flexibility index (Phi) is 5.19. The maximum Gasteiger partial charge on any atom is 0.435 e. The maximum atomic E-state index is 14.4. The van der Waals surface area contributed by atoms with Crippen LogP contribution in [0.4, 0.5) is 43.9 Å². The van der Waals surface area contributed by atoms with Gasteiger partial charge in [0, 0.05) is 17.4 Å². The van der Waals surface area contributed by atoms with Crippen molar-refractivity contribution < 1.29 is 43.9 Å². The lowest BCUT2D eigenvalue weighted by Gasteiger charge is -2.37. The highest BCUT2D eigenvalue weighted by atomic mass is 19.4. The molecule has 0 saturated heterocycles. The summed E-state index contributed by atoms with van der Waals surface area (Å²) in [6, 6.07) is 3.14. The second kappa shape index (κ2) is 6.52. The summed E-state index contributed by atoms with van der Waals surface area (Å²) in [5, 5.41) is 0. The molecule has 0 spiro atoms. The first kappa shape index (κ1) is 22.3. The lowest BCUT2D eigenvalue weighted by atomic mass is 9.70. The van der Waals surface area contributed by atoms with Crippen molar-refractivity contribution in [1.82, 2.24) is 0 Å². The third-order valence-electron chi connectivity index (χ3n) is 4.38. The fourth-order valence-electron chi connectivity index (χ4n) is 3.04. The number of benzene rings is 1. The molecular formula is C18H13F10. The van der Waals surface area contributed by atoms with E-state index in [1.165, 1.54) is 20.3 Å². The molecule has 1 aliphatic carbocycles. The molecule has 0 nitrogen and oxygen atoms in total. The van der Waals surface area contributed by atoms with Crippen LogP contribution in [0.3, 0.4) is 0 Å². The van der Waals surface area contributed by atoms with Crippen LogP contribution in [-0.2, 0) is 11.6 Å². The normalized spacial score (nSPS) is 22.0. The van der Waals surface area contributed by atoms with Crippen LogP contribution in [0.15, 0.2) is 47.6 Å². The van der Waals surface area contributed by atoms with Gasteiger partial charge in [0.15, 0.2) is 0 Å². The quantitative estimate of drug-likeness (QED) is 0.458. The molecule has 1 aliphatic rings. The molecule has 0 amide bonds. The van der Waals surface area contributed by atoms with E-state index >= 15 is 0 Å². The zero-order valence-electron chi connectivity index (χ0n) is 14.3. The molecule has 0 saturated carbocycles. The van der Waals surface area contributed by atoms with Crippen LogP contribution < -0.4 is 0 Å². The van der Waals surface area contributed by atoms with E-state index < -0.39 is 40.7 Å². The Morgan fingerprint density at radius 1 is 0.750 bits per heavy atom. The third kappa shape index (κ3) is 3.77. The van der Waals surface area contributed by atoms with Gasteiger partial charge >= 0.3 is 24.2 Å². The van der Waals surface area contributed by atoms with Gasteiger partial charge in [-0.2, -0.15) is 39.5 Å². The Labute approximate surface area is 153 Å². The van der Waals surface area contributed by atoms with Gasteiger partial charge in [0.2, 0.25) is 0 Å². The second-order valence-corrected chi connectivity index (χ2v) is 6.64. The van der Waals surface area contributed by atoms with E-state index in [0.717, 1.165) is 12.1 Å². The fourth-order valence-corrected chi connectivity index (χ4v) is 3.04. The molecule has 1 radical (unpaired) electrons. The largest absolute Gasteiger partial charge is 0.435 e. The predicted octanol–water partition coefficient (Wildman–Crippen LogP) is 6.89. The minimum atomic E-state index is -6.29. The lowest BCUT2D eigenvalue weighted by Crippen LogP contribution is -2.55. The predicted molar refractivity (Wildman–Crippen MR) is 80.9 cm³/mol. The number of alkyl halides is 10. The van der Waals surface area contributed by atoms with Crippen molar-refractivity contribution in [2.75, 3.05) is 0 Å². The van der Waals surface area contributed by atoms with Crippen molar-refractivity contribution in [2.45, 2.75) is 43.5 Å². The molecule has 28 heavy (non-hydrogen) atoms. The molecule has 0 aromatic heterocycles. The van der Waals surface area contributed by atoms with Crippen LogP contribution in [0.5, 0.6) is 0 Å². The molecule has 1 aromatic carbocycles. The van der Waals surface area contributed by atoms with Crippen LogP contribution >= 0.6 is 0 Å². The number of hydrogen-bond donors (Lipinski definition) is 0. The van der Waals surface area contributed by atoms with Crippen molar-refractivity contribution in [1.29, 1.82) is 0 Å². The van der Waals surface area contributed by atoms with Crippen molar-refractivity contribution in [3.05, 3.63) is 65.1 Å². The van der Waals surface area contributed by atoms with Gasteiger partial charge in [-0.1, -0.05) is 36.8 Å². The van der Waals surface area contributed by atoms with Gasteiger partial charge in [0.25, 0.3) is 0 Å². The van der Waals surface area contributed by atoms with E-state index in [0.29, 0.717) is 24.3 Å². The SMILES string of the molecule is CC1=CC(C(F)(C(F)(F)F)C(F)(F)F)=CC(C)(c2ccc(C(F)(F)F)cc2)[CH]1. The standard InChI is InChI=1S/C18H13F10/c1-10-7-13(15(19,17(23,24)25)18(26,27)28)9-14(2,8-10)11-3-5-12(6-4-11)16(20,21)22/h3-9H,1-2H3. The monoisotopic (exact) mass is 419 g/mol. The molecular weight excluding hydrogens is 406 g/mol. The molecule has 155 valence electrons. The van der Waals surface area contributed by atoms with E-state index in [1.54, 1.807) is 0 Å². The topological polar surface area (TPSA) is 0 Å². The molecule has 1 aromatic rings. The molecule has 0 fully saturated rings. The maximum absolute atomic E-state index is 14.4. The Bertz CT molecular complexity index is 776. The first-order chi connectivity index (χ1) is 12.4. The molecule has 1 unspecified atom stereocenters. The first-order valence-corrected chi connectivity index (χ1v) is 7.69. The van der Waals surface area contributed by atoms with Gasteiger partial charge in [0.05, 0.1) is 5.56 Å². The Morgan fingerprint density at radius 3 is 1.61 bits per heavy atom. The Balaban J connectivity index is 2.62. The highest BCUT2D eigenvalue weighted by Crippen LogP contribution is 2.53. The van der Waals surface area contributed by atoms with Crippen LogP contribution in [-0.4, -0.2) is 18.0 Å². The number of rotatable bonds is 2. The van der Waals surface area contributed by atoms with Gasteiger partial charge in [0.1, 0.15) is 0 Å². The van der Waals surface area contributed by atoms with Crippen LogP contribution in [0.2, 0.25) is 0 Å². The molecule has 10 heteroatoms. The summed E-state index contributed by atoms with van der Waals surface area (Å²) in [7, 11) is 0. The van der Waals surface area contributed by atoms with Gasteiger partial charge in [-0.25, -0.2) is 4.39 Å². The van der Waals surface area contributed by atoms with E-state index in [2.05, 4.69) is 0 Å². The second-order valence-electron chi connectivity index (χ2n) is 6.64. The van der Waals surface area contributed by atoms with Crippen molar-refractivity contribution in [2.24, 2.45) is 0 Å². The zero-order chi connectivity index (χ0) is 21.8. The summed E-state index contributed by atoms with van der Waals surface area (Å²) in [5.74, 6) is 0. The van der Waals surface area contributed by atoms with E-state index in [4.69, 9.17) is 0 Å². The zero-order valence-corrected chi connectivity index (χ0v) is 14.3. The number of halogens is 10. The van der Waals surface area contributed by atoms with Crippen molar-refractivity contribution in [3.8, 4) is 0 Å². The van der Waals surface area contributed by atoms with Crippen molar-refractivity contribution in [3.63, 3.8) is 0 Å². The lowest BCUT2D eigenvalue weighted by molar-refractivity contribution is -0.325. The highest BCUT2D eigenvalue weighted by molar-refractivity contribution is 5.51. The summed E-state index contributed by atoms with van der Waals surface area (Å²) in [5.41, 5.74) is -10.2. The molecule has 0 aliphatic heterocycles. The average molecular weight is 419 g/mol. The summed E-state index contributed by atoms with van der Waals surface area (Å²) < 4.78 is 131. The highest BCUT2D eigenvalue weighted by Gasteiger charge is 2.74. The third-order valence-corrected chi connectivity index (χ3v) is 4.38. The van der Waals surface area contributed by atoms with Crippen LogP contribution in [0.1, 0.15) is 25.0 Å². The Hall–Kier alpha value is -2.00. The number of hydrogen-bond acceptors (Lipinski definition) is 0. The fraction of sp³-hybridized carbons (Fsp3) is 0.389. The first-order valence-electron chi connectivity index (χ1n) is 7.69. The van der Waals surface area contributed by atoms with Crippen molar-refractivity contribution >= 4 is 0 Å². The minimum Gasteiger partial charge on any atom is -0.218 e. The van der Waals surface area contributed by atoms with Gasteiger partial charge in [-0.15, -0.1) is 0 Å². The van der Waals surface area contributed by atoms with Crippen LogP contribution in [0.25, 0.3) is 0 Å². The molecule has 2 rings (SSSR count). The molecule has 0 heterocycles. The van der Waals surface area contributed by atoms with Gasteiger partial charge in [-0.3, -0.25) is 0 Å². The van der Waals surface area contributed by atoms with Gasteiger partial charge in [-0.05, 0) is 24.6 Å². The van der Waals surface area contributed by atoms with E-state index in [-0.39, 0.29) is 11.1 Å². The summed E-state index contributed by atoms with van der Waals surface area (Å²) in [4.78, 5) is 0. The summed E-state index contributed by atoms with van der Waals surface area (Å²) >= 11 is 0. The molecule has 0 N–H and O–H groups in total. The van der Waals surface area contributed by atoms with E-state index in [9.17, 15) is 43.9 Å². The summed E-state index contributed by atoms with van der Waals surface area (Å²) in [6.07, 6.45) is -15.1. The minimum absolute atomic E-state index is 0.0304. The number of allylic oxidation sites excluding steroid dienone is 4.